The van der Waals surface area contributed by atoms with Crippen LogP contribution in [0.3, 0.4) is 0 Å². The monoisotopic (exact) mass is 488 g/mol. The molecule has 0 spiro atoms. The number of esters is 1. The van der Waals surface area contributed by atoms with Gasteiger partial charge < -0.3 is 15.2 Å². The summed E-state index contributed by atoms with van der Waals surface area (Å²) < 4.78 is 45.5. The van der Waals surface area contributed by atoms with Gasteiger partial charge in [0.2, 0.25) is 10.0 Å². The molecule has 0 aliphatic carbocycles. The van der Waals surface area contributed by atoms with Crippen molar-refractivity contribution in [3.8, 4) is 0 Å². The predicted molar refractivity (Wildman–Crippen MR) is 106 cm³/mol. The number of halogens is 2. The Kier molecular flexibility index (Phi) is 7.85. The van der Waals surface area contributed by atoms with E-state index in [1.807, 2.05) is 4.72 Å². The van der Waals surface area contributed by atoms with E-state index in [4.69, 9.17) is 4.74 Å². The first-order valence-electron chi connectivity index (χ1n) is 8.24. The lowest BCUT2D eigenvalue weighted by molar-refractivity contribution is -0.149. The predicted octanol–water partition coefficient (Wildman–Crippen LogP) is 1.72. The number of anilines is 1. The van der Waals surface area contributed by atoms with Crippen molar-refractivity contribution < 1.29 is 32.2 Å². The number of hydrogen-bond acceptors (Lipinski definition) is 6. The quantitative estimate of drug-likeness (QED) is 0.486. The Morgan fingerprint density at radius 2 is 1.86 bits per heavy atom. The lowest BCUT2D eigenvalue weighted by Crippen LogP contribution is -2.44. The smallest absolute Gasteiger partial charge is 0.327 e. The molecule has 156 valence electrons. The highest BCUT2D eigenvalue weighted by Crippen LogP contribution is 2.15. The van der Waals surface area contributed by atoms with Crippen LogP contribution in [0.1, 0.15) is 5.56 Å². The third kappa shape index (κ3) is 6.60. The lowest BCUT2D eigenvalue weighted by Gasteiger charge is -2.15. The fourth-order valence-electron chi connectivity index (χ4n) is 2.13. The van der Waals surface area contributed by atoms with Gasteiger partial charge >= 0.3 is 5.97 Å². The van der Waals surface area contributed by atoms with Crippen LogP contribution < -0.4 is 10.0 Å². The van der Waals surface area contributed by atoms with Crippen LogP contribution in [-0.2, 0) is 24.3 Å². The maximum absolute atomic E-state index is 13.5. The Bertz CT molecular complexity index is 998. The molecule has 0 saturated heterocycles. The average molecular weight is 489 g/mol. The fourth-order valence-corrected chi connectivity index (χ4v) is 3.57. The third-order valence-corrected chi connectivity index (χ3v) is 5.71. The van der Waals surface area contributed by atoms with Crippen molar-refractivity contribution in [2.75, 3.05) is 18.5 Å². The van der Waals surface area contributed by atoms with Gasteiger partial charge in [-0.3, -0.25) is 9.59 Å². The van der Waals surface area contributed by atoms with Gasteiger partial charge in [0.1, 0.15) is 11.9 Å². The van der Waals surface area contributed by atoms with Gasteiger partial charge in [0, 0.05) is 10.2 Å². The number of rotatable bonds is 8. The molecule has 0 fully saturated rings. The summed E-state index contributed by atoms with van der Waals surface area (Å²) in [6.07, 6.45) is 0. The lowest BCUT2D eigenvalue weighted by atomic mass is 10.2. The van der Waals surface area contributed by atoms with Gasteiger partial charge in [-0.05, 0) is 48.9 Å². The van der Waals surface area contributed by atoms with E-state index >= 15 is 0 Å². The minimum Gasteiger partial charge on any atom is -0.454 e. The largest absolute Gasteiger partial charge is 0.454 e. The zero-order chi connectivity index (χ0) is 21.6. The maximum Gasteiger partial charge on any atom is 0.327 e. The number of nitrogens with one attached hydrogen (secondary N) is 2. The zero-order valence-electron chi connectivity index (χ0n) is 15.2. The number of amides is 1. The third-order valence-electron chi connectivity index (χ3n) is 3.69. The number of carbonyl (C=O) groups excluding carboxylic acids is 2. The summed E-state index contributed by atoms with van der Waals surface area (Å²) in [6, 6.07) is 8.06. The van der Waals surface area contributed by atoms with Crippen molar-refractivity contribution in [3.63, 3.8) is 0 Å². The van der Waals surface area contributed by atoms with Gasteiger partial charge in [0.25, 0.3) is 5.91 Å². The van der Waals surface area contributed by atoms with E-state index in [2.05, 4.69) is 21.2 Å². The van der Waals surface area contributed by atoms with Crippen LogP contribution in [-0.4, -0.2) is 44.7 Å². The van der Waals surface area contributed by atoms with Gasteiger partial charge in [0.05, 0.1) is 11.5 Å². The fraction of sp³-hybridized carbons (Fsp3) is 0.222. The van der Waals surface area contributed by atoms with Gasteiger partial charge in [-0.15, -0.1) is 0 Å². The Morgan fingerprint density at radius 3 is 2.45 bits per heavy atom. The summed E-state index contributed by atoms with van der Waals surface area (Å²) in [7, 11) is -4.10. The van der Waals surface area contributed by atoms with Crippen LogP contribution in [0.5, 0.6) is 0 Å². The second kappa shape index (κ2) is 9.92. The number of sulfonamides is 1. The minimum absolute atomic E-state index is 0.119. The van der Waals surface area contributed by atoms with E-state index in [9.17, 15) is 27.5 Å². The van der Waals surface area contributed by atoms with Gasteiger partial charge in [-0.25, -0.2) is 12.8 Å². The Balaban J connectivity index is 1.94. The maximum atomic E-state index is 13.5. The van der Waals surface area contributed by atoms with Crippen LogP contribution >= 0.6 is 15.9 Å². The number of aryl methyl sites for hydroxylation is 1. The molecule has 0 bridgehead atoms. The molecule has 1 amide bonds. The number of benzene rings is 2. The molecule has 1 atom stereocenters. The molecule has 0 radical (unpaired) electrons. The van der Waals surface area contributed by atoms with E-state index in [1.54, 1.807) is 6.92 Å². The number of aliphatic hydroxyl groups excluding tert-OH is 1. The Hall–Kier alpha value is -2.34. The summed E-state index contributed by atoms with van der Waals surface area (Å²) in [5.41, 5.74) is 0.571. The van der Waals surface area contributed by atoms with Crippen molar-refractivity contribution in [3.05, 3.63) is 58.3 Å². The van der Waals surface area contributed by atoms with Crippen molar-refractivity contribution >= 4 is 43.5 Å². The summed E-state index contributed by atoms with van der Waals surface area (Å²) >= 11 is 3.18. The molecule has 0 heterocycles. The van der Waals surface area contributed by atoms with E-state index in [-0.39, 0.29) is 10.6 Å². The molecule has 29 heavy (non-hydrogen) atoms. The van der Waals surface area contributed by atoms with Crippen LogP contribution in [0.15, 0.2) is 51.8 Å². The molecule has 11 heteroatoms. The summed E-state index contributed by atoms with van der Waals surface area (Å²) in [6.45, 7) is -0.0582. The number of ether oxygens (including phenoxy) is 1. The standard InChI is InChI=1S/C18H18BrFN2O6S/c1-11-2-5-13(8-15(11)20)21-17(24)10-28-18(25)16(9-23)22-29(26,27)14-6-3-12(19)4-7-14/h2-8,16,22-23H,9-10H2,1H3,(H,21,24). The average Bonchev–Trinajstić information content (AvgIpc) is 2.67. The van der Waals surface area contributed by atoms with Gasteiger partial charge in [-0.1, -0.05) is 22.0 Å². The first-order chi connectivity index (χ1) is 13.6. The van der Waals surface area contributed by atoms with Crippen molar-refractivity contribution in [2.24, 2.45) is 0 Å². The first kappa shape index (κ1) is 22.9. The van der Waals surface area contributed by atoms with Crippen LogP contribution in [0.25, 0.3) is 0 Å². The molecular formula is C18H18BrFN2O6S. The van der Waals surface area contributed by atoms with Crippen molar-refractivity contribution in [1.82, 2.24) is 4.72 Å². The van der Waals surface area contributed by atoms with Crippen LogP contribution in [0, 0.1) is 12.7 Å². The normalized spacial score (nSPS) is 12.3. The summed E-state index contributed by atoms with van der Waals surface area (Å²) in [5.74, 6) is -2.41. The Labute approximate surface area is 175 Å². The highest BCUT2D eigenvalue weighted by molar-refractivity contribution is 9.10. The molecule has 2 aromatic rings. The van der Waals surface area contributed by atoms with Gasteiger partial charge in [0.15, 0.2) is 6.61 Å². The molecule has 3 N–H and O–H groups in total. The number of carbonyl (C=O) groups is 2. The molecule has 8 nitrogen and oxygen atoms in total. The molecule has 0 saturated carbocycles. The zero-order valence-corrected chi connectivity index (χ0v) is 17.6. The van der Waals surface area contributed by atoms with E-state index < -0.39 is 47.0 Å². The Morgan fingerprint density at radius 1 is 1.21 bits per heavy atom. The van der Waals surface area contributed by atoms with Crippen LogP contribution in [0.4, 0.5) is 10.1 Å². The summed E-state index contributed by atoms with van der Waals surface area (Å²) in [5, 5.41) is 11.7. The van der Waals surface area contributed by atoms with E-state index in [0.29, 0.717) is 10.0 Å². The number of hydrogen-bond donors (Lipinski definition) is 3. The highest BCUT2D eigenvalue weighted by Gasteiger charge is 2.27. The van der Waals surface area contributed by atoms with Gasteiger partial charge in [-0.2, -0.15) is 4.72 Å². The van der Waals surface area contributed by atoms with Crippen molar-refractivity contribution in [2.45, 2.75) is 17.9 Å². The second-order valence-corrected chi connectivity index (χ2v) is 8.56. The first-order valence-corrected chi connectivity index (χ1v) is 10.5. The van der Waals surface area contributed by atoms with E-state index in [1.165, 1.54) is 36.4 Å². The highest BCUT2D eigenvalue weighted by atomic mass is 79.9. The molecule has 2 rings (SSSR count). The van der Waals surface area contributed by atoms with Crippen molar-refractivity contribution in [1.29, 1.82) is 0 Å². The number of aliphatic hydroxyl groups is 1. The second-order valence-electron chi connectivity index (χ2n) is 5.93. The minimum atomic E-state index is -4.10. The van der Waals surface area contributed by atoms with E-state index in [0.717, 1.165) is 6.07 Å². The van der Waals surface area contributed by atoms with Crippen LogP contribution in [0.2, 0.25) is 0 Å². The summed E-state index contributed by atoms with van der Waals surface area (Å²) in [4.78, 5) is 23.8. The molecular weight excluding hydrogens is 471 g/mol. The molecule has 2 aromatic carbocycles. The molecule has 1 unspecified atom stereocenters. The molecule has 0 aliphatic rings. The molecule has 0 aliphatic heterocycles. The topological polar surface area (TPSA) is 122 Å². The SMILES string of the molecule is Cc1ccc(NC(=O)COC(=O)C(CO)NS(=O)(=O)c2ccc(Br)cc2)cc1F. The molecule has 0 aromatic heterocycles.